The number of carbonyl (C=O) groups excluding carboxylic acids is 1. The van der Waals surface area contributed by atoms with Gasteiger partial charge in [0.15, 0.2) is 0 Å². The molecule has 1 atom stereocenters. The smallest absolute Gasteiger partial charge is 0.317 e. The van der Waals surface area contributed by atoms with E-state index in [0.717, 1.165) is 30.0 Å². The molecule has 0 spiro atoms. The van der Waals surface area contributed by atoms with E-state index in [1.165, 1.54) is 12.8 Å². The minimum absolute atomic E-state index is 0.0231. The SMILES string of the molecule is CC(c1cc(-c2ccccc2)n[nH]1)N(C)C(=O)NCC(C)(C)N1CCCC1. The molecule has 27 heavy (non-hydrogen) atoms. The molecule has 0 aliphatic carbocycles. The van der Waals surface area contributed by atoms with Gasteiger partial charge in [-0.2, -0.15) is 5.10 Å². The third-order valence-corrected chi connectivity index (χ3v) is 5.65. The van der Waals surface area contributed by atoms with Gasteiger partial charge in [0.1, 0.15) is 0 Å². The van der Waals surface area contributed by atoms with Gasteiger partial charge < -0.3 is 10.2 Å². The zero-order valence-corrected chi connectivity index (χ0v) is 16.8. The molecule has 1 aliphatic rings. The van der Waals surface area contributed by atoms with Gasteiger partial charge in [-0.15, -0.1) is 0 Å². The lowest BCUT2D eigenvalue weighted by Gasteiger charge is -2.36. The normalized spacial score (nSPS) is 16.3. The minimum Gasteiger partial charge on any atom is -0.336 e. The van der Waals surface area contributed by atoms with Crippen LogP contribution in [0.15, 0.2) is 36.4 Å². The molecule has 1 unspecified atom stereocenters. The van der Waals surface area contributed by atoms with E-state index in [4.69, 9.17) is 0 Å². The van der Waals surface area contributed by atoms with Crippen LogP contribution in [0.25, 0.3) is 11.3 Å². The van der Waals surface area contributed by atoms with E-state index in [0.29, 0.717) is 6.54 Å². The molecule has 1 fully saturated rings. The Kier molecular flexibility index (Phi) is 5.85. The first-order chi connectivity index (χ1) is 12.9. The molecule has 2 aromatic rings. The van der Waals surface area contributed by atoms with Crippen LogP contribution < -0.4 is 5.32 Å². The number of amides is 2. The van der Waals surface area contributed by atoms with Crippen molar-refractivity contribution in [3.05, 3.63) is 42.1 Å². The highest BCUT2D eigenvalue weighted by Gasteiger charge is 2.30. The summed E-state index contributed by atoms with van der Waals surface area (Å²) in [6, 6.07) is 11.9. The molecule has 2 heterocycles. The van der Waals surface area contributed by atoms with Crippen molar-refractivity contribution in [2.75, 3.05) is 26.7 Å². The van der Waals surface area contributed by atoms with Crippen molar-refractivity contribution in [1.82, 2.24) is 25.3 Å². The molecule has 0 radical (unpaired) electrons. The number of H-pyrrole nitrogens is 1. The lowest BCUT2D eigenvalue weighted by Crippen LogP contribution is -2.52. The first-order valence-electron chi connectivity index (χ1n) is 9.75. The molecule has 3 rings (SSSR count). The summed E-state index contributed by atoms with van der Waals surface area (Å²) in [5.74, 6) is 0. The summed E-state index contributed by atoms with van der Waals surface area (Å²) in [4.78, 5) is 16.8. The molecular weight excluding hydrogens is 338 g/mol. The number of hydrogen-bond acceptors (Lipinski definition) is 3. The van der Waals surface area contributed by atoms with Crippen LogP contribution in [0, 0.1) is 0 Å². The van der Waals surface area contributed by atoms with Gasteiger partial charge in [-0.05, 0) is 52.8 Å². The van der Waals surface area contributed by atoms with Gasteiger partial charge >= 0.3 is 6.03 Å². The molecule has 1 aromatic carbocycles. The van der Waals surface area contributed by atoms with Crippen LogP contribution in [0.3, 0.4) is 0 Å². The topological polar surface area (TPSA) is 64.3 Å². The summed E-state index contributed by atoms with van der Waals surface area (Å²) < 4.78 is 0. The van der Waals surface area contributed by atoms with Gasteiger partial charge in [0, 0.05) is 24.7 Å². The number of rotatable bonds is 6. The van der Waals surface area contributed by atoms with Crippen molar-refractivity contribution >= 4 is 6.03 Å². The zero-order chi connectivity index (χ0) is 19.4. The highest BCUT2D eigenvalue weighted by atomic mass is 16.2. The van der Waals surface area contributed by atoms with Crippen molar-refractivity contribution < 1.29 is 4.79 Å². The highest BCUT2D eigenvalue weighted by Crippen LogP contribution is 2.24. The molecule has 2 N–H and O–H groups in total. The van der Waals surface area contributed by atoms with Gasteiger partial charge in [0.25, 0.3) is 0 Å². The van der Waals surface area contributed by atoms with E-state index in [-0.39, 0.29) is 17.6 Å². The van der Waals surface area contributed by atoms with Gasteiger partial charge in [-0.25, -0.2) is 4.79 Å². The second-order valence-corrected chi connectivity index (χ2v) is 8.03. The maximum Gasteiger partial charge on any atom is 0.317 e. The van der Waals surface area contributed by atoms with Gasteiger partial charge in [-0.1, -0.05) is 30.3 Å². The number of hydrogen-bond donors (Lipinski definition) is 2. The number of carbonyl (C=O) groups is 1. The molecule has 0 saturated carbocycles. The Hall–Kier alpha value is -2.34. The molecule has 1 aromatic heterocycles. The summed E-state index contributed by atoms with van der Waals surface area (Å²) in [5, 5.41) is 10.6. The monoisotopic (exact) mass is 369 g/mol. The first-order valence-corrected chi connectivity index (χ1v) is 9.75. The largest absolute Gasteiger partial charge is 0.336 e. The van der Waals surface area contributed by atoms with Crippen LogP contribution in [0.5, 0.6) is 0 Å². The van der Waals surface area contributed by atoms with Crippen LogP contribution in [0.2, 0.25) is 0 Å². The van der Waals surface area contributed by atoms with E-state index in [1.807, 2.05) is 50.4 Å². The quantitative estimate of drug-likeness (QED) is 0.817. The Labute approximate surface area is 161 Å². The van der Waals surface area contributed by atoms with Crippen LogP contribution in [0.4, 0.5) is 4.79 Å². The third kappa shape index (κ3) is 4.50. The predicted octanol–water partition coefficient (Wildman–Crippen LogP) is 3.65. The Balaban J connectivity index is 1.59. The average molecular weight is 370 g/mol. The summed E-state index contributed by atoms with van der Waals surface area (Å²) in [7, 11) is 1.83. The number of nitrogens with one attached hydrogen (secondary N) is 2. The number of likely N-dealkylation sites (tertiary alicyclic amines) is 1. The third-order valence-electron chi connectivity index (χ3n) is 5.65. The number of nitrogens with zero attached hydrogens (tertiary/aromatic N) is 3. The number of urea groups is 1. The van der Waals surface area contributed by atoms with Crippen molar-refractivity contribution in [1.29, 1.82) is 0 Å². The maximum atomic E-state index is 12.7. The fourth-order valence-corrected chi connectivity index (χ4v) is 3.54. The first kappa shape index (κ1) is 19.4. The van der Waals surface area contributed by atoms with Gasteiger partial charge in [0.05, 0.1) is 17.4 Å². The molecule has 0 bridgehead atoms. The lowest BCUT2D eigenvalue weighted by molar-refractivity contribution is 0.144. The Morgan fingerprint density at radius 3 is 2.63 bits per heavy atom. The van der Waals surface area contributed by atoms with E-state index in [9.17, 15) is 4.79 Å². The lowest BCUT2D eigenvalue weighted by atomic mass is 10.0. The Bertz CT molecular complexity index is 749. The predicted molar refractivity (Wildman–Crippen MR) is 108 cm³/mol. The Morgan fingerprint density at radius 2 is 1.96 bits per heavy atom. The van der Waals surface area contributed by atoms with Crippen LogP contribution in [0.1, 0.15) is 45.3 Å². The minimum atomic E-state index is -0.0927. The molecule has 6 nitrogen and oxygen atoms in total. The van der Waals surface area contributed by atoms with Gasteiger partial charge in [-0.3, -0.25) is 10.00 Å². The van der Waals surface area contributed by atoms with Crippen LogP contribution >= 0.6 is 0 Å². The van der Waals surface area contributed by atoms with Crippen LogP contribution in [-0.2, 0) is 0 Å². The molecule has 1 saturated heterocycles. The summed E-state index contributed by atoms with van der Waals surface area (Å²) in [6.07, 6.45) is 2.50. The van der Waals surface area contributed by atoms with Crippen molar-refractivity contribution in [3.63, 3.8) is 0 Å². The zero-order valence-electron chi connectivity index (χ0n) is 16.8. The summed E-state index contributed by atoms with van der Waals surface area (Å²) in [5.41, 5.74) is 2.85. The number of benzene rings is 1. The van der Waals surface area contributed by atoms with Crippen molar-refractivity contribution in [2.45, 2.75) is 45.2 Å². The van der Waals surface area contributed by atoms with E-state index < -0.39 is 0 Å². The summed E-state index contributed by atoms with van der Waals surface area (Å²) >= 11 is 0. The fourth-order valence-electron chi connectivity index (χ4n) is 3.54. The van der Waals surface area contributed by atoms with Crippen molar-refractivity contribution in [3.8, 4) is 11.3 Å². The van der Waals surface area contributed by atoms with E-state index >= 15 is 0 Å². The second-order valence-electron chi connectivity index (χ2n) is 8.03. The molecular formula is C21H31N5O. The fraction of sp³-hybridized carbons (Fsp3) is 0.524. The second kappa shape index (κ2) is 8.13. The van der Waals surface area contributed by atoms with E-state index in [1.54, 1.807) is 4.90 Å². The standard InChI is InChI=1S/C21H31N5O/c1-16(18-14-19(24-23-18)17-10-6-5-7-11-17)25(4)20(27)22-15-21(2,3)26-12-8-9-13-26/h5-7,10-11,14,16H,8-9,12-13,15H2,1-4H3,(H,22,27)(H,23,24). The number of aromatic nitrogens is 2. The highest BCUT2D eigenvalue weighted by molar-refractivity contribution is 5.74. The van der Waals surface area contributed by atoms with Crippen LogP contribution in [-0.4, -0.2) is 58.2 Å². The van der Waals surface area contributed by atoms with Crippen molar-refractivity contribution in [2.24, 2.45) is 0 Å². The summed E-state index contributed by atoms with van der Waals surface area (Å²) in [6.45, 7) is 9.28. The maximum absolute atomic E-state index is 12.7. The van der Waals surface area contributed by atoms with Gasteiger partial charge in [0.2, 0.25) is 0 Å². The Morgan fingerprint density at radius 1 is 1.30 bits per heavy atom. The molecule has 6 heteroatoms. The molecule has 2 amide bonds. The van der Waals surface area contributed by atoms with E-state index in [2.05, 4.69) is 34.3 Å². The molecule has 146 valence electrons. The number of aromatic amines is 1. The molecule has 1 aliphatic heterocycles. The average Bonchev–Trinajstić information content (AvgIpc) is 3.38.